The van der Waals surface area contributed by atoms with Crippen molar-refractivity contribution in [3.63, 3.8) is 0 Å². The van der Waals surface area contributed by atoms with Gasteiger partial charge in [-0.2, -0.15) is 23.5 Å². The predicted octanol–water partition coefficient (Wildman–Crippen LogP) is -4.48. The molecule has 0 fully saturated rings. The molecular formula is C43H68N10O16S2. The summed E-state index contributed by atoms with van der Waals surface area (Å²) in [4.78, 5) is 142. The number of benzene rings is 1. The number of carboxylic acid groups (broad SMARTS) is 2. The number of carbonyl (C=O) groups excluding carboxylic acids is 9. The van der Waals surface area contributed by atoms with Crippen LogP contribution < -0.4 is 54.0 Å². The van der Waals surface area contributed by atoms with E-state index in [2.05, 4.69) is 42.5 Å². The van der Waals surface area contributed by atoms with E-state index in [9.17, 15) is 78.3 Å². The molecule has 1 aromatic rings. The molecule has 1 aromatic carbocycles. The molecular weight excluding hydrogens is 977 g/mol. The van der Waals surface area contributed by atoms with Gasteiger partial charge in [-0.3, -0.25) is 47.9 Å². The lowest BCUT2D eigenvalue weighted by molar-refractivity contribution is -0.144. The molecule has 17 N–H and O–H groups in total. The molecule has 0 unspecified atom stereocenters. The lowest BCUT2D eigenvalue weighted by atomic mass is 10.0. The Bertz CT molecular complexity index is 2010. The zero-order valence-corrected chi connectivity index (χ0v) is 41.9. The Morgan fingerprint density at radius 1 is 0.577 bits per heavy atom. The summed E-state index contributed by atoms with van der Waals surface area (Å²) in [6.45, 7) is 4.25. The zero-order chi connectivity index (χ0) is 54.1. The number of amides is 9. The Hall–Kier alpha value is -6.23. The lowest BCUT2D eigenvalue weighted by Crippen LogP contribution is -2.62. The number of phenols is 1. The van der Waals surface area contributed by atoms with Crippen LogP contribution in [0.5, 0.6) is 5.75 Å². The van der Waals surface area contributed by atoms with Gasteiger partial charge in [-0.15, -0.1) is 0 Å². The van der Waals surface area contributed by atoms with Gasteiger partial charge in [0.05, 0.1) is 25.2 Å². The Kier molecular flexibility index (Phi) is 28.2. The first kappa shape index (κ1) is 62.8. The van der Waals surface area contributed by atoms with E-state index >= 15 is 0 Å². The first-order valence-electron chi connectivity index (χ1n) is 22.2. The third-order valence-corrected chi connectivity index (χ3v) is 11.7. The number of aromatic hydroxyl groups is 1. The zero-order valence-electron chi connectivity index (χ0n) is 40.2. The predicted molar refractivity (Wildman–Crippen MR) is 259 cm³/mol. The highest BCUT2D eigenvalue weighted by Crippen LogP contribution is 2.12. The Balaban J connectivity index is 3.17. The van der Waals surface area contributed by atoms with Gasteiger partial charge in [0.2, 0.25) is 53.2 Å². The first-order chi connectivity index (χ1) is 33.3. The highest BCUT2D eigenvalue weighted by Gasteiger charge is 2.36. The van der Waals surface area contributed by atoms with Crippen molar-refractivity contribution in [2.45, 2.75) is 127 Å². The molecule has 26 nitrogen and oxygen atoms in total. The van der Waals surface area contributed by atoms with Crippen LogP contribution in [0.3, 0.4) is 0 Å². The van der Waals surface area contributed by atoms with E-state index < -0.39 is 151 Å². The fraction of sp³-hybridized carbons (Fsp3) is 0.605. The number of aliphatic hydroxyl groups is 2. The van der Waals surface area contributed by atoms with Gasteiger partial charge in [-0.25, -0.2) is 4.79 Å². The van der Waals surface area contributed by atoms with Crippen LogP contribution in [-0.2, 0) is 59.2 Å². The molecule has 9 amide bonds. The molecule has 0 aromatic heterocycles. The second-order valence-corrected chi connectivity index (χ2v) is 18.6. The molecule has 1 rings (SSSR count). The van der Waals surface area contributed by atoms with Crippen molar-refractivity contribution in [1.82, 2.24) is 42.5 Å². The SMILES string of the molecule is CSCC[C@H](NC(=O)[C@@H](NC(=O)[C@H](C)NC(=O)[C@H](CC(=O)O)NC(=O)[C@H](CCSC)NC(=O)[C@@H](N)Cc1ccc(O)cc1)[C@@H](C)O)C(=O)N[C@@H](CO)C(=O)N[C@@H](CCC(N)=O)C(=O)N[C@H](C(=O)O)C(C)C. The molecule has 0 aliphatic rings. The molecule has 0 bridgehead atoms. The van der Waals surface area contributed by atoms with Crippen LogP contribution in [0, 0.1) is 5.92 Å². The van der Waals surface area contributed by atoms with Gasteiger partial charge in [-0.1, -0.05) is 26.0 Å². The van der Waals surface area contributed by atoms with E-state index in [0.717, 1.165) is 13.8 Å². The summed E-state index contributed by atoms with van der Waals surface area (Å²) in [5.74, 6) is -12.0. The molecule has 10 atom stereocenters. The summed E-state index contributed by atoms with van der Waals surface area (Å²) in [5.41, 5.74) is 11.9. The number of hydrogen-bond donors (Lipinski definition) is 15. The maximum atomic E-state index is 13.6. The minimum atomic E-state index is -1.80. The van der Waals surface area contributed by atoms with Crippen LogP contribution >= 0.6 is 23.5 Å². The summed E-state index contributed by atoms with van der Waals surface area (Å²) in [7, 11) is 0. The molecule has 0 aliphatic carbocycles. The van der Waals surface area contributed by atoms with Crippen molar-refractivity contribution < 1.29 is 78.3 Å². The average molecular weight is 1050 g/mol. The summed E-state index contributed by atoms with van der Waals surface area (Å²) < 4.78 is 0. The Morgan fingerprint density at radius 3 is 1.48 bits per heavy atom. The summed E-state index contributed by atoms with van der Waals surface area (Å²) in [6, 6.07) is -7.82. The van der Waals surface area contributed by atoms with Crippen LogP contribution in [-0.4, -0.2) is 182 Å². The number of rotatable bonds is 33. The van der Waals surface area contributed by atoms with Crippen LogP contribution in [0.25, 0.3) is 0 Å². The second kappa shape index (κ2) is 31.9. The van der Waals surface area contributed by atoms with Crippen LogP contribution in [0.15, 0.2) is 24.3 Å². The number of aliphatic carboxylic acids is 2. The number of nitrogens with one attached hydrogen (secondary N) is 8. The second-order valence-electron chi connectivity index (χ2n) is 16.7. The number of nitrogens with two attached hydrogens (primary N) is 2. The standard InChI is InChI=1S/C43H68N10O16S2/c1-20(2)33(43(68)69)52-39(64)26(11-12-31(45)57)48-41(66)30(19-54)51-38(63)28(14-16-71-6)49-42(67)34(22(4)55)53-35(60)21(3)46-40(65)29(18-32(58)59)50-37(62)27(13-15-70-5)47-36(61)25(44)17-23-7-9-24(56)10-8-23/h7-10,20-22,25-30,33-34,54-56H,11-19,44H2,1-6H3,(H2,45,57)(H,46,65)(H,47,61)(H,48,66)(H,49,67)(H,50,62)(H,51,63)(H,52,64)(H,53,60)(H,58,59)(H,68,69)/t21-,22+,25-,26-,27-,28-,29-,30-,33-,34-/m0/s1. The van der Waals surface area contributed by atoms with Crippen molar-refractivity contribution in [2.24, 2.45) is 17.4 Å². The molecule has 0 spiro atoms. The van der Waals surface area contributed by atoms with Gasteiger partial charge in [0.1, 0.15) is 54.1 Å². The minimum absolute atomic E-state index is 0.000628. The van der Waals surface area contributed by atoms with Crippen molar-refractivity contribution >= 4 is 88.6 Å². The summed E-state index contributed by atoms with van der Waals surface area (Å²) in [6.07, 6.45) is -0.0373. The van der Waals surface area contributed by atoms with Gasteiger partial charge in [0, 0.05) is 6.42 Å². The van der Waals surface area contributed by atoms with Gasteiger partial charge >= 0.3 is 11.9 Å². The lowest BCUT2D eigenvalue weighted by Gasteiger charge is -2.28. The van der Waals surface area contributed by atoms with Crippen LogP contribution in [0.1, 0.15) is 65.4 Å². The Morgan fingerprint density at radius 2 is 1.01 bits per heavy atom. The van der Waals surface area contributed by atoms with Crippen molar-refractivity contribution in [1.29, 1.82) is 0 Å². The van der Waals surface area contributed by atoms with E-state index in [1.54, 1.807) is 24.6 Å². The fourth-order valence-corrected chi connectivity index (χ4v) is 7.25. The third-order valence-electron chi connectivity index (χ3n) is 10.4. The number of thioether (sulfide) groups is 2. The summed E-state index contributed by atoms with van der Waals surface area (Å²) >= 11 is 2.58. The maximum absolute atomic E-state index is 13.6. The summed E-state index contributed by atoms with van der Waals surface area (Å²) in [5, 5.41) is 67.8. The molecule has 0 saturated heterocycles. The van der Waals surface area contributed by atoms with Gasteiger partial charge in [0.15, 0.2) is 0 Å². The van der Waals surface area contributed by atoms with Crippen LogP contribution in [0.4, 0.5) is 0 Å². The topological polar surface area (TPSA) is 437 Å². The molecule has 28 heteroatoms. The minimum Gasteiger partial charge on any atom is -0.508 e. The highest BCUT2D eigenvalue weighted by atomic mass is 32.2. The number of hydrogen-bond acceptors (Lipinski definition) is 17. The number of aliphatic hydroxyl groups excluding tert-OH is 2. The normalized spacial score (nSPS) is 15.3. The number of carbonyl (C=O) groups is 11. The van der Waals surface area contributed by atoms with E-state index in [4.69, 9.17) is 11.5 Å². The maximum Gasteiger partial charge on any atom is 0.326 e. The molecule has 0 radical (unpaired) electrons. The van der Waals surface area contributed by atoms with E-state index in [1.807, 2.05) is 0 Å². The number of phenolic OH excluding ortho intramolecular Hbond substituents is 1. The largest absolute Gasteiger partial charge is 0.508 e. The Labute approximate surface area is 418 Å². The first-order valence-corrected chi connectivity index (χ1v) is 25.0. The smallest absolute Gasteiger partial charge is 0.326 e. The highest BCUT2D eigenvalue weighted by molar-refractivity contribution is 7.98. The molecule has 398 valence electrons. The van der Waals surface area contributed by atoms with Gasteiger partial charge in [0.25, 0.3) is 0 Å². The number of primary amides is 1. The molecule has 0 aliphatic heterocycles. The van der Waals surface area contributed by atoms with Crippen molar-refractivity contribution in [3.05, 3.63) is 29.8 Å². The molecule has 0 saturated carbocycles. The average Bonchev–Trinajstić information content (AvgIpc) is 3.29. The quantitative estimate of drug-likeness (QED) is 0.0316. The van der Waals surface area contributed by atoms with E-state index in [1.165, 1.54) is 49.5 Å². The van der Waals surface area contributed by atoms with Crippen LogP contribution in [0.2, 0.25) is 0 Å². The van der Waals surface area contributed by atoms with Crippen molar-refractivity contribution in [2.75, 3.05) is 30.6 Å². The molecule has 71 heavy (non-hydrogen) atoms. The monoisotopic (exact) mass is 1040 g/mol. The van der Waals surface area contributed by atoms with E-state index in [0.29, 0.717) is 11.3 Å². The van der Waals surface area contributed by atoms with Gasteiger partial charge in [-0.05, 0) is 87.2 Å². The van der Waals surface area contributed by atoms with Crippen molar-refractivity contribution in [3.8, 4) is 5.75 Å². The van der Waals surface area contributed by atoms with E-state index in [-0.39, 0.29) is 37.2 Å². The molecule has 0 heterocycles. The number of carboxylic acids is 2. The fourth-order valence-electron chi connectivity index (χ4n) is 6.31. The third kappa shape index (κ3) is 23.0. The van der Waals surface area contributed by atoms with Gasteiger partial charge < -0.3 is 79.5 Å².